The van der Waals surface area contributed by atoms with Gasteiger partial charge in [0.2, 0.25) is 5.76 Å². The third-order valence-electron chi connectivity index (χ3n) is 5.36. The van der Waals surface area contributed by atoms with Gasteiger partial charge in [0.15, 0.2) is 5.54 Å². The number of carboxylic acid groups (broad SMARTS) is 1. The maximum Gasteiger partial charge on any atom is 0.452 e. The lowest BCUT2D eigenvalue weighted by Gasteiger charge is -2.27. The number of rotatable bonds is 7. The maximum atomic E-state index is 12.8. The lowest BCUT2D eigenvalue weighted by atomic mass is 10.1. The van der Waals surface area contributed by atoms with Crippen LogP contribution in [0.25, 0.3) is 10.6 Å². The van der Waals surface area contributed by atoms with Crippen molar-refractivity contribution in [2.24, 2.45) is 5.92 Å². The summed E-state index contributed by atoms with van der Waals surface area (Å²) in [4.78, 5) is 12.6. The number of nitrogens with zero attached hydrogens (tertiary/aromatic N) is 2. The maximum absolute atomic E-state index is 12.8. The molecule has 1 fully saturated rings. The second kappa shape index (κ2) is 7.99. The van der Waals surface area contributed by atoms with Gasteiger partial charge in [-0.25, -0.2) is 13.3 Å². The number of aliphatic hydroxyl groups is 1. The standard InChI is InChI=1S/C19H15F3N2O6S2/c20-19(21,22)14-8-12(23-30-14)13-6-7-15(31-13)24(32(28)29)18(17(26)27)11(9-25)16(18)10-4-2-1-3-5-10/h1-8,11,16,25H,9H2,(H,26,27)(H,28,29). The molecule has 2 aromatic heterocycles. The quantitative estimate of drug-likeness (QED) is 0.434. The van der Waals surface area contributed by atoms with E-state index in [9.17, 15) is 36.9 Å². The van der Waals surface area contributed by atoms with Gasteiger partial charge in [-0.3, -0.25) is 4.55 Å². The van der Waals surface area contributed by atoms with E-state index in [4.69, 9.17) is 0 Å². The molecule has 1 aliphatic rings. The first-order valence-corrected chi connectivity index (χ1v) is 10.9. The summed E-state index contributed by atoms with van der Waals surface area (Å²) in [6, 6.07) is 11.7. The van der Waals surface area contributed by atoms with Crippen LogP contribution in [0.4, 0.5) is 18.2 Å². The largest absolute Gasteiger partial charge is 0.479 e. The number of benzene rings is 1. The van der Waals surface area contributed by atoms with Crippen molar-refractivity contribution >= 4 is 33.6 Å². The first-order chi connectivity index (χ1) is 15.1. The number of alkyl halides is 3. The third-order valence-corrected chi connectivity index (χ3v) is 7.38. The van der Waals surface area contributed by atoms with E-state index in [2.05, 4.69) is 9.68 Å². The Hall–Kier alpha value is -2.74. The van der Waals surface area contributed by atoms with Gasteiger partial charge in [-0.2, -0.15) is 13.2 Å². The summed E-state index contributed by atoms with van der Waals surface area (Å²) in [5, 5.41) is 23.3. The molecule has 1 aliphatic carbocycles. The van der Waals surface area contributed by atoms with Crippen LogP contribution in [-0.2, 0) is 22.2 Å². The van der Waals surface area contributed by atoms with Gasteiger partial charge < -0.3 is 14.7 Å². The number of aliphatic carboxylic acids is 1. The minimum atomic E-state index is -4.73. The van der Waals surface area contributed by atoms with Gasteiger partial charge in [-0.15, -0.1) is 11.3 Å². The summed E-state index contributed by atoms with van der Waals surface area (Å²) in [7, 11) is 0. The Kier molecular flexibility index (Phi) is 5.61. The van der Waals surface area contributed by atoms with Crippen molar-refractivity contribution < 1.29 is 41.5 Å². The van der Waals surface area contributed by atoms with Crippen LogP contribution in [-0.4, -0.2) is 42.2 Å². The Bertz CT molecular complexity index is 1170. The lowest BCUT2D eigenvalue weighted by molar-refractivity contribution is -0.155. The molecule has 170 valence electrons. The number of anilines is 1. The van der Waals surface area contributed by atoms with Crippen LogP contribution in [0.5, 0.6) is 0 Å². The molecule has 32 heavy (non-hydrogen) atoms. The Labute approximate surface area is 185 Å². The Morgan fingerprint density at radius 1 is 1.25 bits per heavy atom. The summed E-state index contributed by atoms with van der Waals surface area (Å²) >= 11 is -2.04. The van der Waals surface area contributed by atoms with Crippen molar-refractivity contribution in [2.75, 3.05) is 10.9 Å². The van der Waals surface area contributed by atoms with Gasteiger partial charge in [0.25, 0.3) is 11.3 Å². The van der Waals surface area contributed by atoms with E-state index in [1.165, 1.54) is 12.1 Å². The van der Waals surface area contributed by atoms with E-state index in [0.29, 0.717) is 11.6 Å². The molecule has 4 unspecified atom stereocenters. The predicted molar refractivity (Wildman–Crippen MR) is 108 cm³/mol. The van der Waals surface area contributed by atoms with Crippen molar-refractivity contribution in [3.05, 3.63) is 59.9 Å². The fraction of sp³-hybridized carbons (Fsp3) is 0.263. The van der Waals surface area contributed by atoms with Crippen molar-refractivity contribution in [1.82, 2.24) is 5.16 Å². The van der Waals surface area contributed by atoms with E-state index in [-0.39, 0.29) is 15.6 Å². The number of hydrogen-bond acceptors (Lipinski definition) is 6. The van der Waals surface area contributed by atoms with E-state index in [0.717, 1.165) is 15.6 Å². The fourth-order valence-corrected chi connectivity index (χ4v) is 6.01. The molecule has 8 nitrogen and oxygen atoms in total. The van der Waals surface area contributed by atoms with Crippen LogP contribution in [0.15, 0.2) is 53.1 Å². The van der Waals surface area contributed by atoms with Gasteiger partial charge in [0, 0.05) is 24.5 Å². The number of aromatic nitrogens is 1. The second-order valence-electron chi connectivity index (χ2n) is 7.05. The minimum Gasteiger partial charge on any atom is -0.479 e. The SMILES string of the molecule is O=C(O)C1(N(c2ccc(-c3cc(C(F)(F)F)on3)s2)S(=O)O)C(CO)C1c1ccccc1. The van der Waals surface area contributed by atoms with Crippen LogP contribution in [0.2, 0.25) is 0 Å². The summed E-state index contributed by atoms with van der Waals surface area (Å²) in [5.74, 6) is -4.41. The van der Waals surface area contributed by atoms with Crippen molar-refractivity contribution in [3.63, 3.8) is 0 Å². The molecule has 0 spiro atoms. The number of thiophene rings is 1. The number of aliphatic hydroxyl groups excluding tert-OH is 1. The molecule has 4 rings (SSSR count). The van der Waals surface area contributed by atoms with Crippen LogP contribution < -0.4 is 4.31 Å². The Balaban J connectivity index is 1.76. The molecule has 0 radical (unpaired) electrons. The fourth-order valence-electron chi connectivity index (χ4n) is 3.98. The average Bonchev–Trinajstić information content (AvgIpc) is 3.07. The number of carboxylic acids is 1. The first kappa shape index (κ1) is 22.5. The molecular weight excluding hydrogens is 473 g/mol. The Morgan fingerprint density at radius 3 is 2.47 bits per heavy atom. The highest BCUT2D eigenvalue weighted by molar-refractivity contribution is 7.81. The van der Waals surface area contributed by atoms with E-state index in [1.54, 1.807) is 30.3 Å². The van der Waals surface area contributed by atoms with Crippen LogP contribution in [0.3, 0.4) is 0 Å². The molecule has 1 aromatic carbocycles. The molecule has 0 bridgehead atoms. The highest BCUT2D eigenvalue weighted by atomic mass is 32.2. The summed E-state index contributed by atoms with van der Waals surface area (Å²) < 4.78 is 65.8. The van der Waals surface area contributed by atoms with E-state index >= 15 is 0 Å². The number of hydrogen-bond donors (Lipinski definition) is 3. The molecule has 0 aliphatic heterocycles. The minimum absolute atomic E-state index is 0.0108. The number of halogens is 3. The molecule has 1 saturated carbocycles. The van der Waals surface area contributed by atoms with Crippen LogP contribution in [0.1, 0.15) is 17.2 Å². The third kappa shape index (κ3) is 3.50. The van der Waals surface area contributed by atoms with Crippen LogP contribution >= 0.6 is 11.3 Å². The summed E-state index contributed by atoms with van der Waals surface area (Å²) in [6.45, 7) is -0.560. The predicted octanol–water partition coefficient (Wildman–Crippen LogP) is 3.59. The molecule has 2 heterocycles. The molecular formula is C19H15F3N2O6S2. The zero-order chi connectivity index (χ0) is 23.3. The van der Waals surface area contributed by atoms with Gasteiger partial charge in [0.05, 0.1) is 4.88 Å². The normalized spacial score (nSPS) is 23.7. The Morgan fingerprint density at radius 2 is 1.94 bits per heavy atom. The molecule has 0 amide bonds. The first-order valence-electron chi connectivity index (χ1n) is 9.06. The summed E-state index contributed by atoms with van der Waals surface area (Å²) in [6.07, 6.45) is -4.73. The van der Waals surface area contributed by atoms with E-state index in [1.807, 2.05) is 0 Å². The van der Waals surface area contributed by atoms with E-state index < -0.39 is 53.2 Å². The smallest absolute Gasteiger partial charge is 0.452 e. The molecule has 0 saturated heterocycles. The van der Waals surface area contributed by atoms with Crippen LogP contribution in [0, 0.1) is 5.92 Å². The molecule has 3 N–H and O–H groups in total. The molecule has 3 aromatic rings. The topological polar surface area (TPSA) is 124 Å². The number of carbonyl (C=O) groups is 1. The van der Waals surface area contributed by atoms with Gasteiger partial charge in [0.1, 0.15) is 10.7 Å². The van der Waals surface area contributed by atoms with Gasteiger partial charge >= 0.3 is 12.1 Å². The van der Waals surface area contributed by atoms with Gasteiger partial charge in [-0.1, -0.05) is 35.5 Å². The summed E-state index contributed by atoms with van der Waals surface area (Å²) in [5.41, 5.74) is -1.53. The lowest BCUT2D eigenvalue weighted by Crippen LogP contribution is -2.47. The van der Waals surface area contributed by atoms with Crippen molar-refractivity contribution in [2.45, 2.75) is 17.6 Å². The monoisotopic (exact) mass is 488 g/mol. The van der Waals surface area contributed by atoms with Crippen molar-refractivity contribution in [1.29, 1.82) is 0 Å². The average molecular weight is 488 g/mol. The van der Waals surface area contributed by atoms with Crippen molar-refractivity contribution in [3.8, 4) is 10.6 Å². The zero-order valence-electron chi connectivity index (χ0n) is 15.9. The van der Waals surface area contributed by atoms with Gasteiger partial charge in [-0.05, 0) is 17.7 Å². The highest BCUT2D eigenvalue weighted by Crippen LogP contribution is 2.63. The second-order valence-corrected chi connectivity index (χ2v) is 8.93. The highest BCUT2D eigenvalue weighted by Gasteiger charge is 2.75. The molecule has 13 heteroatoms. The molecule has 4 atom stereocenters. The zero-order valence-corrected chi connectivity index (χ0v) is 17.5.